The number of nitrogens with zero attached hydrogens (tertiary/aromatic N) is 2. The summed E-state index contributed by atoms with van der Waals surface area (Å²) in [5.41, 5.74) is 6.34. The van der Waals surface area contributed by atoms with Crippen molar-refractivity contribution in [3.63, 3.8) is 0 Å². The van der Waals surface area contributed by atoms with E-state index in [9.17, 15) is 4.79 Å². The Bertz CT molecular complexity index is 1610. The van der Waals surface area contributed by atoms with Gasteiger partial charge in [-0.05, 0) is 92.4 Å². The Balaban J connectivity index is 1.44. The molecule has 0 spiro atoms. The van der Waals surface area contributed by atoms with Crippen LogP contribution in [0.2, 0.25) is 0 Å². The summed E-state index contributed by atoms with van der Waals surface area (Å²) in [5, 5.41) is 1.72. The van der Waals surface area contributed by atoms with E-state index in [1.54, 1.807) is 0 Å². The Morgan fingerprint density at radius 2 is 1.00 bits per heavy atom. The fraction of sp³-hybridized carbons (Fsp3) is 0.410. The van der Waals surface area contributed by atoms with Crippen LogP contribution in [0.25, 0.3) is 44.6 Å². The summed E-state index contributed by atoms with van der Waals surface area (Å²) >= 11 is 0. The summed E-state index contributed by atoms with van der Waals surface area (Å²) in [7, 11) is 0. The minimum Gasteiger partial charge on any atom is -0.455 e. The van der Waals surface area contributed by atoms with Gasteiger partial charge in [-0.2, -0.15) is 0 Å². The molecule has 44 heavy (non-hydrogen) atoms. The van der Waals surface area contributed by atoms with Gasteiger partial charge in [0.05, 0.1) is 10.9 Å². The van der Waals surface area contributed by atoms with E-state index in [1.807, 2.05) is 18.2 Å². The number of unbranched alkanes of at least 4 members (excludes halogenated alkanes) is 4. The highest BCUT2D eigenvalue weighted by Crippen LogP contribution is 2.39. The lowest BCUT2D eigenvalue weighted by Gasteiger charge is -2.24. The quantitative estimate of drug-likeness (QED) is 0.101. The van der Waals surface area contributed by atoms with Crippen LogP contribution in [0.15, 0.2) is 75.6 Å². The number of fused-ring (bicyclic) bond motifs is 3. The van der Waals surface area contributed by atoms with Crippen molar-refractivity contribution in [2.75, 3.05) is 36.0 Å². The van der Waals surface area contributed by atoms with E-state index < -0.39 is 0 Å². The van der Waals surface area contributed by atoms with Gasteiger partial charge in [0.15, 0.2) is 6.29 Å². The minimum atomic E-state index is 0.533. The zero-order valence-electron chi connectivity index (χ0n) is 27.0. The number of furan rings is 2. The smallest absolute Gasteiger partial charge is 0.153 e. The predicted octanol–water partition coefficient (Wildman–Crippen LogP) is 11.1. The first-order chi connectivity index (χ1) is 21.6. The summed E-state index contributed by atoms with van der Waals surface area (Å²) in [6, 6.07) is 23.2. The molecule has 5 aromatic rings. The van der Waals surface area contributed by atoms with Crippen LogP contribution in [-0.2, 0) is 0 Å². The Labute approximate surface area is 262 Å². The van der Waals surface area contributed by atoms with Crippen molar-refractivity contribution in [2.45, 2.75) is 79.1 Å². The van der Waals surface area contributed by atoms with Crippen molar-refractivity contribution < 1.29 is 13.6 Å². The van der Waals surface area contributed by atoms with E-state index in [0.717, 1.165) is 71.5 Å². The molecule has 0 bridgehead atoms. The van der Waals surface area contributed by atoms with Gasteiger partial charge in [0.25, 0.3) is 0 Å². The van der Waals surface area contributed by atoms with Crippen LogP contribution >= 0.6 is 0 Å². The average molecular weight is 593 g/mol. The van der Waals surface area contributed by atoms with Gasteiger partial charge >= 0.3 is 0 Å². The Morgan fingerprint density at radius 3 is 1.43 bits per heavy atom. The van der Waals surface area contributed by atoms with Gasteiger partial charge in [0.1, 0.15) is 22.7 Å². The third-order valence-corrected chi connectivity index (χ3v) is 8.60. The molecule has 3 aromatic carbocycles. The van der Waals surface area contributed by atoms with E-state index in [-0.39, 0.29) is 0 Å². The molecule has 2 aromatic heterocycles. The number of anilines is 2. The summed E-state index contributed by atoms with van der Waals surface area (Å²) < 4.78 is 12.8. The van der Waals surface area contributed by atoms with Gasteiger partial charge in [-0.3, -0.25) is 4.79 Å². The van der Waals surface area contributed by atoms with Crippen LogP contribution in [0.1, 0.15) is 89.4 Å². The first-order valence-corrected chi connectivity index (χ1v) is 16.8. The second-order valence-corrected chi connectivity index (χ2v) is 11.9. The van der Waals surface area contributed by atoms with E-state index >= 15 is 0 Å². The average Bonchev–Trinajstić information content (AvgIpc) is 3.70. The highest BCUT2D eigenvalue weighted by molar-refractivity contribution is 6.11. The number of hydrogen-bond donors (Lipinski definition) is 0. The van der Waals surface area contributed by atoms with Gasteiger partial charge in [-0.1, -0.05) is 53.4 Å². The molecule has 0 N–H and O–H groups in total. The lowest BCUT2D eigenvalue weighted by Crippen LogP contribution is -2.25. The van der Waals surface area contributed by atoms with Crippen molar-refractivity contribution >= 4 is 39.6 Å². The summed E-state index contributed by atoms with van der Waals surface area (Å²) in [5.74, 6) is 1.52. The molecule has 2 heterocycles. The topological polar surface area (TPSA) is 49.8 Å². The second-order valence-electron chi connectivity index (χ2n) is 11.9. The minimum absolute atomic E-state index is 0.533. The molecule has 0 aliphatic carbocycles. The molecule has 5 rings (SSSR count). The Morgan fingerprint density at radius 1 is 0.568 bits per heavy atom. The monoisotopic (exact) mass is 592 g/mol. The number of carbonyl (C=O) groups excluding carboxylic acids is 1. The Kier molecular flexibility index (Phi) is 10.8. The van der Waals surface area contributed by atoms with Gasteiger partial charge in [-0.15, -0.1) is 0 Å². The Hall–Kier alpha value is -3.99. The normalized spacial score (nSPS) is 11.5. The van der Waals surface area contributed by atoms with Crippen LogP contribution in [0.3, 0.4) is 0 Å². The molecule has 0 atom stereocenters. The SMILES string of the molecule is CCCCN(CCCC)c1ccc(-c2cc3c(o2)c(C=O)cc2cc(-c4ccc(N(CCCC)CCCC)cc4)oc23)cc1. The van der Waals surface area contributed by atoms with E-state index in [0.29, 0.717) is 11.1 Å². The number of benzene rings is 3. The number of rotatable bonds is 17. The van der Waals surface area contributed by atoms with Gasteiger partial charge in [0.2, 0.25) is 0 Å². The van der Waals surface area contributed by atoms with Crippen LogP contribution in [0.5, 0.6) is 0 Å². The van der Waals surface area contributed by atoms with Crippen molar-refractivity contribution in [1.82, 2.24) is 0 Å². The van der Waals surface area contributed by atoms with E-state index in [2.05, 4.69) is 86.0 Å². The fourth-order valence-electron chi connectivity index (χ4n) is 5.91. The largest absolute Gasteiger partial charge is 0.455 e. The molecule has 5 nitrogen and oxygen atoms in total. The second kappa shape index (κ2) is 15.1. The number of aldehydes is 1. The third-order valence-electron chi connectivity index (χ3n) is 8.60. The van der Waals surface area contributed by atoms with Crippen molar-refractivity contribution in [2.24, 2.45) is 0 Å². The summed E-state index contributed by atoms with van der Waals surface area (Å²) in [6.07, 6.45) is 10.4. The van der Waals surface area contributed by atoms with Crippen LogP contribution < -0.4 is 9.80 Å². The van der Waals surface area contributed by atoms with E-state index in [1.165, 1.54) is 62.7 Å². The number of hydrogen-bond acceptors (Lipinski definition) is 5. The van der Waals surface area contributed by atoms with Crippen LogP contribution in [-0.4, -0.2) is 32.5 Å². The molecule has 0 aliphatic heterocycles. The molecule has 0 saturated carbocycles. The van der Waals surface area contributed by atoms with E-state index in [4.69, 9.17) is 8.83 Å². The molecular weight excluding hydrogens is 544 g/mol. The maximum absolute atomic E-state index is 12.1. The lowest BCUT2D eigenvalue weighted by molar-refractivity contribution is 0.112. The molecular formula is C39H48N2O3. The van der Waals surface area contributed by atoms with Gasteiger partial charge in [0, 0.05) is 54.1 Å². The summed E-state index contributed by atoms with van der Waals surface area (Å²) in [4.78, 5) is 17.1. The molecule has 0 fully saturated rings. The zero-order valence-corrected chi connectivity index (χ0v) is 27.0. The highest BCUT2D eigenvalue weighted by Gasteiger charge is 2.18. The fourth-order valence-corrected chi connectivity index (χ4v) is 5.91. The van der Waals surface area contributed by atoms with Crippen molar-refractivity contribution in [3.05, 3.63) is 72.3 Å². The van der Waals surface area contributed by atoms with Crippen LogP contribution in [0, 0.1) is 0 Å². The molecule has 0 amide bonds. The first kappa shape index (κ1) is 31.4. The molecule has 0 aliphatic rings. The number of carbonyl (C=O) groups is 1. The summed E-state index contributed by atoms with van der Waals surface area (Å²) in [6.45, 7) is 13.3. The zero-order chi connectivity index (χ0) is 30.9. The van der Waals surface area contributed by atoms with Crippen molar-refractivity contribution in [1.29, 1.82) is 0 Å². The standard InChI is InChI=1S/C39H48N2O3/c1-5-9-21-40(22-10-6-2)33-17-13-29(14-18-33)36-26-31-25-32(28-42)39-35(38(31)43-36)27-37(44-39)30-15-19-34(20-16-30)41(23-11-7-3)24-12-8-4/h13-20,25-28H,5-12,21-24H2,1-4H3. The molecule has 5 heteroatoms. The van der Waals surface area contributed by atoms with Gasteiger partial charge in [-0.25, -0.2) is 0 Å². The molecule has 0 unspecified atom stereocenters. The maximum atomic E-state index is 12.1. The molecule has 232 valence electrons. The maximum Gasteiger partial charge on any atom is 0.153 e. The first-order valence-electron chi connectivity index (χ1n) is 16.8. The predicted molar refractivity (Wildman–Crippen MR) is 186 cm³/mol. The molecule has 0 saturated heterocycles. The van der Waals surface area contributed by atoms with Crippen molar-refractivity contribution in [3.8, 4) is 22.6 Å². The highest BCUT2D eigenvalue weighted by atomic mass is 16.3. The lowest BCUT2D eigenvalue weighted by atomic mass is 10.1. The molecule has 0 radical (unpaired) electrons. The third kappa shape index (κ3) is 7.04. The van der Waals surface area contributed by atoms with Crippen LogP contribution in [0.4, 0.5) is 11.4 Å². The van der Waals surface area contributed by atoms with Gasteiger partial charge < -0.3 is 18.6 Å².